The molecule has 21 heavy (non-hydrogen) atoms. The fraction of sp³-hybridized carbons (Fsp3) is 0.200. The average Bonchev–Trinajstić information content (AvgIpc) is 2.44. The molecule has 2 aromatic rings. The minimum Gasteiger partial charge on any atom is -0.271 e. The van der Waals surface area contributed by atoms with E-state index in [1.807, 2.05) is 24.3 Å². The molecule has 0 heterocycles. The van der Waals surface area contributed by atoms with Gasteiger partial charge < -0.3 is 0 Å². The van der Waals surface area contributed by atoms with E-state index in [1.165, 1.54) is 6.26 Å². The highest BCUT2D eigenvalue weighted by Crippen LogP contribution is 2.22. The Kier molecular flexibility index (Phi) is 5.00. The van der Waals surface area contributed by atoms with E-state index in [4.69, 9.17) is 17.4 Å². The molecule has 3 N–H and O–H groups in total. The van der Waals surface area contributed by atoms with E-state index in [0.29, 0.717) is 11.4 Å². The van der Waals surface area contributed by atoms with E-state index in [9.17, 15) is 8.42 Å². The van der Waals surface area contributed by atoms with Crippen LogP contribution in [0.15, 0.2) is 53.4 Å². The lowest BCUT2D eigenvalue weighted by Gasteiger charge is -2.17. The fourth-order valence-corrected chi connectivity index (χ4v) is 3.02. The molecule has 0 spiro atoms. The van der Waals surface area contributed by atoms with Gasteiger partial charge in [-0.3, -0.25) is 11.3 Å². The largest absolute Gasteiger partial charge is 0.271 e. The lowest BCUT2D eigenvalue weighted by atomic mass is 9.99. The summed E-state index contributed by atoms with van der Waals surface area (Å²) in [5.41, 5.74) is 4.57. The molecule has 0 radical (unpaired) electrons. The first-order valence-corrected chi connectivity index (χ1v) is 8.67. The molecule has 0 bridgehead atoms. The summed E-state index contributed by atoms with van der Waals surface area (Å²) >= 11 is 5.97. The number of rotatable bonds is 5. The second-order valence-electron chi connectivity index (χ2n) is 4.90. The highest BCUT2D eigenvalue weighted by molar-refractivity contribution is 7.90. The quantitative estimate of drug-likeness (QED) is 0.654. The molecule has 0 fully saturated rings. The smallest absolute Gasteiger partial charge is 0.175 e. The summed E-state index contributed by atoms with van der Waals surface area (Å²) in [6, 6.07) is 14.1. The van der Waals surface area contributed by atoms with E-state index in [1.54, 1.807) is 24.3 Å². The maximum atomic E-state index is 11.6. The van der Waals surface area contributed by atoms with Crippen molar-refractivity contribution in [2.24, 2.45) is 5.84 Å². The van der Waals surface area contributed by atoms with Gasteiger partial charge in [0.05, 0.1) is 10.9 Å². The van der Waals surface area contributed by atoms with Crippen LogP contribution in [0.25, 0.3) is 0 Å². The first-order valence-electron chi connectivity index (χ1n) is 6.41. The number of nitrogens with two attached hydrogens (primary N) is 1. The van der Waals surface area contributed by atoms with Crippen molar-refractivity contribution in [1.82, 2.24) is 5.43 Å². The number of nitrogens with one attached hydrogen (secondary N) is 1. The van der Waals surface area contributed by atoms with Gasteiger partial charge in [0.25, 0.3) is 0 Å². The standard InChI is InChI=1S/C15H17ClN2O2S/c1-21(19,20)14-7-3-5-12(10-14)15(18-17)9-11-4-2-6-13(16)8-11/h2-8,10,15,18H,9,17H2,1H3. The van der Waals surface area contributed by atoms with Crippen molar-refractivity contribution in [2.45, 2.75) is 17.4 Å². The minimum atomic E-state index is -3.24. The summed E-state index contributed by atoms with van der Waals surface area (Å²) < 4.78 is 23.3. The number of hydrazine groups is 1. The van der Waals surface area contributed by atoms with Gasteiger partial charge in [0.1, 0.15) is 0 Å². The van der Waals surface area contributed by atoms with E-state index < -0.39 is 9.84 Å². The zero-order chi connectivity index (χ0) is 15.5. The van der Waals surface area contributed by atoms with E-state index in [2.05, 4.69) is 5.43 Å². The molecule has 112 valence electrons. The van der Waals surface area contributed by atoms with Crippen LogP contribution in [0.5, 0.6) is 0 Å². The molecule has 2 rings (SSSR count). The van der Waals surface area contributed by atoms with Gasteiger partial charge in [-0.1, -0.05) is 35.9 Å². The third-order valence-corrected chi connectivity index (χ3v) is 4.56. The van der Waals surface area contributed by atoms with Gasteiger partial charge in [0.2, 0.25) is 0 Å². The molecular weight excluding hydrogens is 308 g/mol. The van der Waals surface area contributed by atoms with Crippen LogP contribution in [0.1, 0.15) is 17.2 Å². The molecular formula is C15H17ClN2O2S. The van der Waals surface area contributed by atoms with Crippen molar-refractivity contribution in [1.29, 1.82) is 0 Å². The van der Waals surface area contributed by atoms with Gasteiger partial charge in [-0.05, 0) is 41.8 Å². The second-order valence-corrected chi connectivity index (χ2v) is 7.35. The molecule has 0 saturated heterocycles. The Morgan fingerprint density at radius 3 is 2.52 bits per heavy atom. The lowest BCUT2D eigenvalue weighted by molar-refractivity contribution is 0.550. The average molecular weight is 325 g/mol. The second kappa shape index (κ2) is 6.58. The van der Waals surface area contributed by atoms with Gasteiger partial charge in [-0.15, -0.1) is 0 Å². The number of benzene rings is 2. The van der Waals surface area contributed by atoms with Crippen LogP contribution in [-0.2, 0) is 16.3 Å². The molecule has 6 heteroatoms. The summed E-state index contributed by atoms with van der Waals surface area (Å²) in [6.07, 6.45) is 1.80. The topological polar surface area (TPSA) is 72.2 Å². The van der Waals surface area contributed by atoms with E-state index in [-0.39, 0.29) is 10.9 Å². The minimum absolute atomic E-state index is 0.190. The Morgan fingerprint density at radius 1 is 1.19 bits per heavy atom. The van der Waals surface area contributed by atoms with Crippen molar-refractivity contribution in [3.05, 3.63) is 64.7 Å². The number of sulfone groups is 1. The van der Waals surface area contributed by atoms with Crippen molar-refractivity contribution >= 4 is 21.4 Å². The van der Waals surface area contributed by atoms with Crippen molar-refractivity contribution in [3.8, 4) is 0 Å². The van der Waals surface area contributed by atoms with Crippen molar-refractivity contribution < 1.29 is 8.42 Å². The molecule has 1 unspecified atom stereocenters. The van der Waals surface area contributed by atoms with E-state index >= 15 is 0 Å². The van der Waals surface area contributed by atoms with Crippen LogP contribution >= 0.6 is 11.6 Å². The Bertz CT molecular complexity index is 732. The van der Waals surface area contributed by atoms with Crippen LogP contribution in [0.2, 0.25) is 5.02 Å². The molecule has 2 aromatic carbocycles. The first-order chi connectivity index (χ1) is 9.90. The van der Waals surface area contributed by atoms with Gasteiger partial charge >= 0.3 is 0 Å². The predicted molar refractivity (Wildman–Crippen MR) is 84.8 cm³/mol. The molecule has 0 aliphatic rings. The summed E-state index contributed by atoms with van der Waals surface area (Å²) in [5.74, 6) is 5.62. The first kappa shape index (κ1) is 16.0. The molecule has 0 aliphatic heterocycles. The molecule has 1 atom stereocenters. The molecule has 0 amide bonds. The number of halogens is 1. The van der Waals surface area contributed by atoms with Gasteiger partial charge in [-0.25, -0.2) is 8.42 Å². The maximum absolute atomic E-state index is 11.6. The molecule has 0 saturated carbocycles. The SMILES string of the molecule is CS(=O)(=O)c1cccc(C(Cc2cccc(Cl)c2)NN)c1. The number of hydrogen-bond donors (Lipinski definition) is 2. The molecule has 0 aliphatic carbocycles. The highest BCUT2D eigenvalue weighted by atomic mass is 35.5. The summed E-state index contributed by atoms with van der Waals surface area (Å²) in [5, 5.41) is 0.660. The highest BCUT2D eigenvalue weighted by Gasteiger charge is 2.14. The van der Waals surface area contributed by atoms with Crippen molar-refractivity contribution in [2.75, 3.05) is 6.26 Å². The van der Waals surface area contributed by atoms with Crippen LogP contribution < -0.4 is 11.3 Å². The third kappa shape index (κ3) is 4.28. The Balaban J connectivity index is 2.29. The Labute approximate surface area is 129 Å². The summed E-state index contributed by atoms with van der Waals surface area (Å²) in [7, 11) is -3.24. The monoisotopic (exact) mass is 324 g/mol. The summed E-state index contributed by atoms with van der Waals surface area (Å²) in [4.78, 5) is 0.284. The normalized spacial score (nSPS) is 13.1. The summed E-state index contributed by atoms with van der Waals surface area (Å²) in [6.45, 7) is 0. The third-order valence-electron chi connectivity index (χ3n) is 3.22. The lowest BCUT2D eigenvalue weighted by Crippen LogP contribution is -2.29. The van der Waals surface area contributed by atoms with Crippen LogP contribution in [0, 0.1) is 0 Å². The van der Waals surface area contributed by atoms with Gasteiger partial charge in [0, 0.05) is 11.3 Å². The van der Waals surface area contributed by atoms with Crippen LogP contribution in [0.4, 0.5) is 0 Å². The molecule has 4 nitrogen and oxygen atoms in total. The Hall–Kier alpha value is -1.40. The zero-order valence-electron chi connectivity index (χ0n) is 11.6. The zero-order valence-corrected chi connectivity index (χ0v) is 13.2. The van der Waals surface area contributed by atoms with E-state index in [0.717, 1.165) is 11.1 Å². The van der Waals surface area contributed by atoms with Crippen molar-refractivity contribution in [3.63, 3.8) is 0 Å². The fourth-order valence-electron chi connectivity index (χ4n) is 2.13. The van der Waals surface area contributed by atoms with Gasteiger partial charge in [-0.2, -0.15) is 0 Å². The maximum Gasteiger partial charge on any atom is 0.175 e. The van der Waals surface area contributed by atoms with Crippen LogP contribution in [-0.4, -0.2) is 14.7 Å². The molecule has 0 aromatic heterocycles. The Morgan fingerprint density at radius 2 is 1.90 bits per heavy atom. The number of hydrogen-bond acceptors (Lipinski definition) is 4. The van der Waals surface area contributed by atoms with Crippen LogP contribution in [0.3, 0.4) is 0 Å². The van der Waals surface area contributed by atoms with Gasteiger partial charge in [0.15, 0.2) is 9.84 Å². The predicted octanol–water partition coefficient (Wildman–Crippen LogP) is 2.49.